The second-order valence-electron chi connectivity index (χ2n) is 3.13. The Hall–Kier alpha value is -2.37. The van der Waals surface area contributed by atoms with Crippen LogP contribution in [0.5, 0.6) is 0 Å². The highest BCUT2D eigenvalue weighted by Crippen LogP contribution is 2.11. The average Bonchev–Trinajstić information content (AvgIpc) is 2.29. The van der Waals surface area contributed by atoms with E-state index >= 15 is 0 Å². The zero-order valence-electron chi connectivity index (χ0n) is 9.43. The van der Waals surface area contributed by atoms with Crippen LogP contribution < -0.4 is 11.2 Å². The van der Waals surface area contributed by atoms with Gasteiger partial charge in [-0.3, -0.25) is 10.8 Å². The lowest BCUT2D eigenvalue weighted by Gasteiger charge is -2.01. The first-order valence-electron chi connectivity index (χ1n) is 5.03. The quantitative estimate of drug-likeness (QED) is 0.309. The van der Waals surface area contributed by atoms with Gasteiger partial charge in [0, 0.05) is 5.69 Å². The molecule has 0 fully saturated rings. The molecule has 0 amide bonds. The molecule has 0 bridgehead atoms. The van der Waals surface area contributed by atoms with E-state index in [-0.39, 0.29) is 12.3 Å². The van der Waals surface area contributed by atoms with Crippen molar-refractivity contribution in [3.05, 3.63) is 24.3 Å². The van der Waals surface area contributed by atoms with Crippen LogP contribution in [0.15, 0.2) is 29.4 Å². The minimum absolute atomic E-state index is 0.234. The normalized spacial score (nSPS) is 10.2. The Balaban J connectivity index is 2.50. The first-order valence-corrected chi connectivity index (χ1v) is 5.03. The van der Waals surface area contributed by atoms with Crippen LogP contribution in [0.2, 0.25) is 0 Å². The third-order valence-electron chi connectivity index (χ3n) is 1.77. The van der Waals surface area contributed by atoms with Crippen LogP contribution in [0.3, 0.4) is 0 Å². The van der Waals surface area contributed by atoms with Gasteiger partial charge in [0.1, 0.15) is 0 Å². The molecule has 4 N–H and O–H groups in total. The molecule has 0 saturated heterocycles. The van der Waals surface area contributed by atoms with Gasteiger partial charge in [0.2, 0.25) is 0 Å². The van der Waals surface area contributed by atoms with Crippen LogP contribution in [0.4, 0.5) is 11.4 Å². The van der Waals surface area contributed by atoms with Crippen molar-refractivity contribution in [1.29, 1.82) is 5.41 Å². The highest BCUT2D eigenvalue weighted by molar-refractivity contribution is 6.58. The molecule has 0 radical (unpaired) electrons. The lowest BCUT2D eigenvalue weighted by Crippen LogP contribution is -2.18. The van der Waals surface area contributed by atoms with Crippen LogP contribution in [0.1, 0.15) is 6.92 Å². The Kier molecular flexibility index (Phi) is 4.68. The van der Waals surface area contributed by atoms with E-state index < -0.39 is 5.97 Å². The maximum Gasteiger partial charge on any atom is 0.357 e. The van der Waals surface area contributed by atoms with Crippen molar-refractivity contribution in [2.75, 3.05) is 17.8 Å². The molecule has 0 atom stereocenters. The first kappa shape index (κ1) is 12.7. The van der Waals surface area contributed by atoms with Crippen LogP contribution >= 0.6 is 0 Å². The maximum absolute atomic E-state index is 11.1. The van der Waals surface area contributed by atoms with Crippen molar-refractivity contribution in [3.8, 4) is 0 Å². The molecule has 0 aliphatic rings. The van der Waals surface area contributed by atoms with E-state index in [0.29, 0.717) is 11.4 Å². The Morgan fingerprint density at radius 1 is 1.65 bits per heavy atom. The summed E-state index contributed by atoms with van der Waals surface area (Å²) >= 11 is 0. The molecule has 1 aromatic carbocycles. The number of nitrogens with zero attached hydrogens (tertiary/aromatic N) is 1. The number of ether oxygens (including phenoxy) is 1. The first-order chi connectivity index (χ1) is 8.13. The number of hydrazone groups is 1. The van der Waals surface area contributed by atoms with Gasteiger partial charge < -0.3 is 10.5 Å². The van der Waals surface area contributed by atoms with Crippen molar-refractivity contribution < 1.29 is 9.53 Å². The van der Waals surface area contributed by atoms with Crippen molar-refractivity contribution in [2.45, 2.75) is 6.92 Å². The zero-order chi connectivity index (χ0) is 12.7. The van der Waals surface area contributed by atoms with E-state index in [9.17, 15) is 4.79 Å². The number of hydrogen-bond donors (Lipinski definition) is 3. The van der Waals surface area contributed by atoms with E-state index in [0.717, 1.165) is 6.21 Å². The number of hydrogen-bond acceptors (Lipinski definition) is 6. The Bertz CT molecular complexity index is 443. The monoisotopic (exact) mass is 234 g/mol. The smallest absolute Gasteiger partial charge is 0.357 e. The molecule has 1 aromatic rings. The summed E-state index contributed by atoms with van der Waals surface area (Å²) in [5.74, 6) is -0.703. The second kappa shape index (κ2) is 6.26. The summed E-state index contributed by atoms with van der Waals surface area (Å²) in [7, 11) is 0. The van der Waals surface area contributed by atoms with E-state index in [1.165, 1.54) is 0 Å². The van der Waals surface area contributed by atoms with Crippen LogP contribution in [-0.4, -0.2) is 24.5 Å². The summed E-state index contributed by atoms with van der Waals surface area (Å²) in [6.07, 6.45) is 1.08. The van der Waals surface area contributed by atoms with Crippen molar-refractivity contribution in [2.24, 2.45) is 5.10 Å². The van der Waals surface area contributed by atoms with Crippen molar-refractivity contribution >= 4 is 29.3 Å². The number of benzene rings is 1. The van der Waals surface area contributed by atoms with Gasteiger partial charge in [-0.1, -0.05) is 6.07 Å². The predicted molar refractivity (Wildman–Crippen MR) is 67.3 cm³/mol. The number of esters is 1. The van der Waals surface area contributed by atoms with Gasteiger partial charge in [-0.05, 0) is 25.1 Å². The van der Waals surface area contributed by atoms with E-state index in [4.69, 9.17) is 11.1 Å². The minimum atomic E-state index is -0.703. The number of rotatable bonds is 5. The number of nitrogens with one attached hydrogen (secondary N) is 2. The fraction of sp³-hybridized carbons (Fsp3) is 0.182. The van der Waals surface area contributed by atoms with Gasteiger partial charge in [-0.15, -0.1) is 0 Å². The van der Waals surface area contributed by atoms with Gasteiger partial charge in [-0.25, -0.2) is 4.79 Å². The standard InChI is InChI=1S/C11H14N4O2/c1-2-17-11(16)10(13)7-14-15-9-5-3-4-8(12)6-9/h3-7,13,15H,2,12H2,1H3/b13-10?,14-7-. The number of nitrogen functional groups attached to an aromatic ring is 1. The molecule has 17 heavy (non-hydrogen) atoms. The Labute approximate surface area is 99.0 Å². The van der Waals surface area contributed by atoms with E-state index in [1.54, 1.807) is 31.2 Å². The third kappa shape index (κ3) is 4.33. The molecule has 90 valence electrons. The van der Waals surface area contributed by atoms with Gasteiger partial charge in [0.15, 0.2) is 5.71 Å². The molecule has 0 aliphatic heterocycles. The molecule has 0 aliphatic carbocycles. The molecule has 0 unspecified atom stereocenters. The molecular weight excluding hydrogens is 220 g/mol. The largest absolute Gasteiger partial charge is 0.461 e. The van der Waals surface area contributed by atoms with Crippen LogP contribution in [0.25, 0.3) is 0 Å². The summed E-state index contributed by atoms with van der Waals surface area (Å²) in [5.41, 5.74) is 9.19. The highest BCUT2D eigenvalue weighted by atomic mass is 16.5. The highest BCUT2D eigenvalue weighted by Gasteiger charge is 2.06. The number of carbonyl (C=O) groups excluding carboxylic acids is 1. The Morgan fingerprint density at radius 2 is 2.41 bits per heavy atom. The molecular formula is C11H14N4O2. The van der Waals surface area contributed by atoms with E-state index in [2.05, 4.69) is 15.3 Å². The zero-order valence-corrected chi connectivity index (χ0v) is 9.43. The number of carbonyl (C=O) groups is 1. The van der Waals surface area contributed by atoms with Gasteiger partial charge in [-0.2, -0.15) is 5.10 Å². The molecule has 0 saturated carbocycles. The predicted octanol–water partition coefficient (Wildman–Crippen LogP) is 1.25. The Morgan fingerprint density at radius 3 is 3.06 bits per heavy atom. The lowest BCUT2D eigenvalue weighted by molar-refractivity contribution is -0.134. The topological polar surface area (TPSA) is 101 Å². The number of anilines is 2. The van der Waals surface area contributed by atoms with Crippen LogP contribution in [0, 0.1) is 5.41 Å². The summed E-state index contributed by atoms with van der Waals surface area (Å²) in [4.78, 5) is 11.1. The van der Waals surface area contributed by atoms with Crippen molar-refractivity contribution in [1.82, 2.24) is 0 Å². The summed E-state index contributed by atoms with van der Waals surface area (Å²) < 4.78 is 4.62. The fourth-order valence-corrected chi connectivity index (χ4v) is 1.04. The molecule has 1 rings (SSSR count). The summed E-state index contributed by atoms with van der Waals surface area (Å²) in [5, 5.41) is 11.0. The van der Waals surface area contributed by atoms with Gasteiger partial charge in [0.05, 0.1) is 18.5 Å². The van der Waals surface area contributed by atoms with Crippen LogP contribution in [-0.2, 0) is 9.53 Å². The van der Waals surface area contributed by atoms with Gasteiger partial charge in [0.25, 0.3) is 0 Å². The number of nitrogens with two attached hydrogens (primary N) is 1. The molecule has 6 nitrogen and oxygen atoms in total. The second-order valence-corrected chi connectivity index (χ2v) is 3.13. The molecule has 0 spiro atoms. The average molecular weight is 234 g/mol. The minimum Gasteiger partial charge on any atom is -0.461 e. The molecule has 0 aromatic heterocycles. The third-order valence-corrected chi connectivity index (χ3v) is 1.77. The molecule has 0 heterocycles. The van der Waals surface area contributed by atoms with Gasteiger partial charge >= 0.3 is 5.97 Å². The fourth-order valence-electron chi connectivity index (χ4n) is 1.04. The maximum atomic E-state index is 11.1. The summed E-state index contributed by atoms with van der Waals surface area (Å²) in [6, 6.07) is 6.96. The van der Waals surface area contributed by atoms with Crippen molar-refractivity contribution in [3.63, 3.8) is 0 Å². The lowest BCUT2D eigenvalue weighted by atomic mass is 10.3. The SMILES string of the molecule is CCOC(=O)C(=N)/C=N\Nc1cccc(N)c1. The van der Waals surface area contributed by atoms with E-state index in [1.807, 2.05) is 0 Å². The molecule has 6 heteroatoms. The summed E-state index contributed by atoms with van der Waals surface area (Å²) in [6.45, 7) is 1.91.